The van der Waals surface area contributed by atoms with Gasteiger partial charge in [-0.2, -0.15) is 0 Å². The van der Waals surface area contributed by atoms with Crippen LogP contribution in [0.1, 0.15) is 5.56 Å². The lowest BCUT2D eigenvalue weighted by Gasteiger charge is -1.98. The van der Waals surface area contributed by atoms with Crippen molar-refractivity contribution >= 4 is 33.8 Å². The summed E-state index contributed by atoms with van der Waals surface area (Å²) in [5, 5.41) is 8.38. The molecule has 0 aromatic carbocycles. The van der Waals surface area contributed by atoms with Gasteiger partial charge in [0.15, 0.2) is 0 Å². The summed E-state index contributed by atoms with van der Waals surface area (Å²) in [5.41, 5.74) is 6.08. The first-order valence-corrected chi connectivity index (χ1v) is 4.21. The van der Waals surface area contributed by atoms with E-state index in [4.69, 9.17) is 10.8 Å². The van der Waals surface area contributed by atoms with Gasteiger partial charge >= 0.3 is 5.97 Å². The molecule has 1 heterocycles. The fourth-order valence-corrected chi connectivity index (χ4v) is 1.11. The zero-order chi connectivity index (χ0) is 9.84. The number of rotatable bonds is 2. The largest absolute Gasteiger partial charge is 0.478 e. The maximum Gasteiger partial charge on any atom is 0.328 e. The smallest absolute Gasteiger partial charge is 0.328 e. The predicted octanol–water partition coefficient (Wildman–Crippen LogP) is 1.52. The van der Waals surface area contributed by atoms with Crippen LogP contribution in [0.5, 0.6) is 0 Å². The van der Waals surface area contributed by atoms with Gasteiger partial charge < -0.3 is 10.8 Å². The average molecular weight is 243 g/mol. The molecule has 0 amide bonds. The van der Waals surface area contributed by atoms with Crippen LogP contribution in [-0.4, -0.2) is 16.1 Å². The second-order valence-electron chi connectivity index (χ2n) is 2.30. The number of carboxylic acid groups (broad SMARTS) is 1. The summed E-state index contributed by atoms with van der Waals surface area (Å²) in [5.74, 6) is -0.708. The maximum absolute atomic E-state index is 10.2. The Kier molecular flexibility index (Phi) is 3.02. The van der Waals surface area contributed by atoms with Crippen molar-refractivity contribution in [1.29, 1.82) is 0 Å². The number of carbonyl (C=O) groups is 1. The number of aliphatic carboxylic acids is 1. The van der Waals surface area contributed by atoms with Gasteiger partial charge in [0.2, 0.25) is 0 Å². The highest BCUT2D eigenvalue weighted by atomic mass is 79.9. The molecule has 68 valence electrons. The number of anilines is 1. The number of pyridine rings is 1. The SMILES string of the molecule is Nc1ncc(Br)cc1C=CC(=O)O. The summed E-state index contributed by atoms with van der Waals surface area (Å²) >= 11 is 3.20. The number of carboxylic acids is 1. The molecule has 4 nitrogen and oxygen atoms in total. The second-order valence-corrected chi connectivity index (χ2v) is 3.22. The van der Waals surface area contributed by atoms with Crippen LogP contribution in [-0.2, 0) is 4.79 Å². The van der Waals surface area contributed by atoms with Gasteiger partial charge in [0.1, 0.15) is 5.82 Å². The van der Waals surface area contributed by atoms with Crippen molar-refractivity contribution in [1.82, 2.24) is 4.98 Å². The third-order valence-electron chi connectivity index (χ3n) is 1.32. The number of halogens is 1. The molecule has 1 aromatic heterocycles. The molecular formula is C8H7BrN2O2. The predicted molar refractivity (Wildman–Crippen MR) is 53.0 cm³/mol. The molecule has 5 heteroatoms. The number of nitrogens with two attached hydrogens (primary N) is 1. The Bertz CT molecular complexity index is 363. The van der Waals surface area contributed by atoms with Crippen LogP contribution in [0.4, 0.5) is 5.82 Å². The van der Waals surface area contributed by atoms with E-state index in [9.17, 15) is 4.79 Å². The molecule has 0 aliphatic rings. The van der Waals surface area contributed by atoms with E-state index in [2.05, 4.69) is 20.9 Å². The molecule has 0 aliphatic carbocycles. The van der Waals surface area contributed by atoms with E-state index >= 15 is 0 Å². The Morgan fingerprint density at radius 3 is 3.00 bits per heavy atom. The summed E-state index contributed by atoms with van der Waals surface area (Å²) in [6, 6.07) is 1.70. The monoisotopic (exact) mass is 242 g/mol. The molecule has 0 radical (unpaired) electrons. The van der Waals surface area contributed by atoms with Gasteiger partial charge in [-0.25, -0.2) is 9.78 Å². The highest BCUT2D eigenvalue weighted by Crippen LogP contribution is 2.16. The standard InChI is InChI=1S/C8H7BrN2O2/c9-6-3-5(1-2-7(12)13)8(10)11-4-6/h1-4H,(H2,10,11)(H,12,13). The van der Waals surface area contributed by atoms with Crippen molar-refractivity contribution in [3.05, 3.63) is 28.4 Å². The Morgan fingerprint density at radius 2 is 2.38 bits per heavy atom. The van der Waals surface area contributed by atoms with E-state index in [1.165, 1.54) is 6.08 Å². The molecule has 0 saturated carbocycles. The molecule has 0 spiro atoms. The van der Waals surface area contributed by atoms with Crippen molar-refractivity contribution in [3.8, 4) is 0 Å². The number of hydrogen-bond acceptors (Lipinski definition) is 3. The number of nitrogen functional groups attached to an aromatic ring is 1. The number of nitrogens with zero attached hydrogens (tertiary/aromatic N) is 1. The molecule has 0 bridgehead atoms. The van der Waals surface area contributed by atoms with Crippen LogP contribution in [0.15, 0.2) is 22.8 Å². The van der Waals surface area contributed by atoms with E-state index in [1.807, 2.05) is 0 Å². The first kappa shape index (κ1) is 9.73. The van der Waals surface area contributed by atoms with Crippen LogP contribution in [0.3, 0.4) is 0 Å². The van der Waals surface area contributed by atoms with Crippen LogP contribution in [0.25, 0.3) is 6.08 Å². The highest BCUT2D eigenvalue weighted by Gasteiger charge is 1.97. The van der Waals surface area contributed by atoms with Gasteiger partial charge in [0.05, 0.1) is 0 Å². The minimum atomic E-state index is -1.01. The molecule has 0 aliphatic heterocycles. The minimum Gasteiger partial charge on any atom is -0.478 e. The van der Waals surface area contributed by atoms with Crippen LogP contribution in [0.2, 0.25) is 0 Å². The highest BCUT2D eigenvalue weighted by molar-refractivity contribution is 9.10. The van der Waals surface area contributed by atoms with Gasteiger partial charge in [-0.3, -0.25) is 0 Å². The zero-order valence-corrected chi connectivity index (χ0v) is 8.15. The van der Waals surface area contributed by atoms with E-state index in [-0.39, 0.29) is 0 Å². The lowest BCUT2D eigenvalue weighted by molar-refractivity contribution is -0.131. The quantitative estimate of drug-likeness (QED) is 0.772. The molecule has 0 saturated heterocycles. The van der Waals surface area contributed by atoms with Gasteiger partial charge in [0, 0.05) is 22.3 Å². The van der Waals surface area contributed by atoms with Gasteiger partial charge in [-0.05, 0) is 28.1 Å². The first-order valence-electron chi connectivity index (χ1n) is 3.41. The summed E-state index contributed by atoms with van der Waals surface area (Å²) in [7, 11) is 0. The maximum atomic E-state index is 10.2. The topological polar surface area (TPSA) is 76.2 Å². The van der Waals surface area contributed by atoms with E-state index in [0.717, 1.165) is 10.5 Å². The lowest BCUT2D eigenvalue weighted by atomic mass is 10.2. The summed E-state index contributed by atoms with van der Waals surface area (Å²) < 4.78 is 0.756. The summed E-state index contributed by atoms with van der Waals surface area (Å²) in [6.07, 6.45) is 3.96. The van der Waals surface area contributed by atoms with Crippen LogP contribution >= 0.6 is 15.9 Å². The molecule has 0 atom stereocenters. The van der Waals surface area contributed by atoms with Crippen LogP contribution in [0, 0.1) is 0 Å². The molecular weight excluding hydrogens is 236 g/mol. The number of hydrogen-bond donors (Lipinski definition) is 2. The summed E-state index contributed by atoms with van der Waals surface area (Å²) in [6.45, 7) is 0. The van der Waals surface area contributed by atoms with Crippen molar-refractivity contribution < 1.29 is 9.90 Å². The molecule has 1 rings (SSSR count). The fraction of sp³-hybridized carbons (Fsp3) is 0. The molecule has 0 fully saturated rings. The molecule has 13 heavy (non-hydrogen) atoms. The van der Waals surface area contributed by atoms with Crippen molar-refractivity contribution in [2.75, 3.05) is 5.73 Å². The Morgan fingerprint density at radius 1 is 1.69 bits per heavy atom. The molecule has 3 N–H and O–H groups in total. The Labute approximate surface area is 83.2 Å². The Hall–Kier alpha value is -1.36. The lowest BCUT2D eigenvalue weighted by Crippen LogP contribution is -1.94. The Balaban J connectivity index is 3.00. The minimum absolute atomic E-state index is 0.306. The second kappa shape index (κ2) is 4.04. The summed E-state index contributed by atoms with van der Waals surface area (Å²) in [4.78, 5) is 14.1. The average Bonchev–Trinajstić information content (AvgIpc) is 2.06. The third kappa shape index (κ3) is 2.87. The van der Waals surface area contributed by atoms with Crippen LogP contribution < -0.4 is 5.73 Å². The van der Waals surface area contributed by atoms with Crippen molar-refractivity contribution in [3.63, 3.8) is 0 Å². The van der Waals surface area contributed by atoms with E-state index in [0.29, 0.717) is 11.4 Å². The van der Waals surface area contributed by atoms with Crippen molar-refractivity contribution in [2.24, 2.45) is 0 Å². The normalized spacial score (nSPS) is 10.5. The molecule has 0 unspecified atom stereocenters. The van der Waals surface area contributed by atoms with E-state index in [1.54, 1.807) is 12.3 Å². The van der Waals surface area contributed by atoms with Gasteiger partial charge in [-0.15, -0.1) is 0 Å². The number of aromatic nitrogens is 1. The van der Waals surface area contributed by atoms with E-state index < -0.39 is 5.97 Å². The van der Waals surface area contributed by atoms with Gasteiger partial charge in [0.25, 0.3) is 0 Å². The van der Waals surface area contributed by atoms with Gasteiger partial charge in [-0.1, -0.05) is 0 Å². The third-order valence-corrected chi connectivity index (χ3v) is 1.76. The molecule has 1 aromatic rings. The van der Waals surface area contributed by atoms with Crippen molar-refractivity contribution in [2.45, 2.75) is 0 Å². The zero-order valence-electron chi connectivity index (χ0n) is 6.57. The fourth-order valence-electron chi connectivity index (χ4n) is 0.760. The first-order chi connectivity index (χ1) is 6.09.